The smallest absolute Gasteiger partial charge is 0.243 e. The van der Waals surface area contributed by atoms with Gasteiger partial charge in [0.2, 0.25) is 65.0 Å². The first-order valence-electron chi connectivity index (χ1n) is 26.9. The summed E-state index contributed by atoms with van der Waals surface area (Å²) in [6.45, 7) is 6.33. The van der Waals surface area contributed by atoms with Gasteiger partial charge in [-0.2, -0.15) is 0 Å². The van der Waals surface area contributed by atoms with E-state index in [0.717, 1.165) is 17.3 Å². The van der Waals surface area contributed by atoms with Gasteiger partial charge in [-0.1, -0.05) is 82.1 Å². The van der Waals surface area contributed by atoms with E-state index < -0.39 is 107 Å². The highest BCUT2D eigenvalue weighted by molar-refractivity contribution is 5.97. The molecule has 15 N–H and O–H groups in total. The second-order valence-electron chi connectivity index (χ2n) is 19.8. The van der Waals surface area contributed by atoms with Gasteiger partial charge in [-0.15, -0.1) is 12.3 Å². The summed E-state index contributed by atoms with van der Waals surface area (Å²) in [4.78, 5) is 156. The number of nitrogens with two attached hydrogens (primary N) is 2. The number of para-hydroxylation sites is 1. The first-order valence-corrected chi connectivity index (χ1v) is 26.9. The molecule has 0 unspecified atom stereocenters. The van der Waals surface area contributed by atoms with Gasteiger partial charge in [0.1, 0.15) is 42.3 Å². The van der Waals surface area contributed by atoms with Crippen LogP contribution in [-0.2, 0) is 72.0 Å². The zero-order valence-corrected chi connectivity index (χ0v) is 46.1. The van der Waals surface area contributed by atoms with Crippen LogP contribution in [0.25, 0.3) is 10.9 Å². The molecule has 0 saturated heterocycles. The van der Waals surface area contributed by atoms with E-state index >= 15 is 0 Å². The van der Waals surface area contributed by atoms with Gasteiger partial charge in [0.05, 0.1) is 6.33 Å². The minimum atomic E-state index is -1.36. The van der Waals surface area contributed by atoms with E-state index in [4.69, 9.17) is 17.9 Å². The Morgan fingerprint density at radius 3 is 1.80 bits per heavy atom. The fourth-order valence-electron chi connectivity index (χ4n) is 8.40. The molecule has 4 aromatic rings. The highest BCUT2D eigenvalue weighted by Crippen LogP contribution is 2.20. The Bertz CT molecular complexity index is 2830. The lowest BCUT2D eigenvalue weighted by molar-refractivity contribution is -0.135. The van der Waals surface area contributed by atoms with Crippen molar-refractivity contribution >= 4 is 75.9 Å². The second kappa shape index (κ2) is 33.4. The number of nitrogens with one attached hydrogen (secondary N) is 11. The summed E-state index contributed by atoms with van der Waals surface area (Å²) in [5, 5.41) is 24.5. The predicted octanol–water partition coefficient (Wildman–Crippen LogP) is -0.645. The molecule has 0 bridgehead atoms. The molecule has 0 aliphatic rings. The molecule has 7 atom stereocenters. The molecule has 436 valence electrons. The minimum Gasteiger partial charge on any atom is -0.370 e. The Kier molecular flexibility index (Phi) is 26.6. The van der Waals surface area contributed by atoms with E-state index in [1.165, 1.54) is 19.4 Å². The summed E-state index contributed by atoms with van der Waals surface area (Å²) in [7, 11) is 0. The van der Waals surface area contributed by atoms with Crippen LogP contribution in [-0.4, -0.2) is 135 Å². The molecule has 2 aromatic carbocycles. The summed E-state index contributed by atoms with van der Waals surface area (Å²) in [5.74, 6) is -5.76. The molecule has 0 aliphatic carbocycles. The minimum absolute atomic E-state index is 0.0439. The van der Waals surface area contributed by atoms with Gasteiger partial charge >= 0.3 is 0 Å². The standard InChI is InChI=1S/C56H76N14O11/c1-6-8-18-40(50(58)75)67-54(79)42(27-35-15-11-10-12-16-35)68-55(80)44(29-37-31-59-32-63-37)66-48(74)24-26-61-56(81)49(33(3)4)70-51(76)34(5)64-53(78)43(28-36-30-62-39-19-14-13-17-38(36)39)69-52(77)41(21-22-45(57)71)65-47(73)23-25-60-46(72)20-9-7-2/h2,10-17,19,30-34,40-44,49,62H,6,8-9,18,20-29H2,1,3-5H3,(H2,57,71)(H2,58,75)(H,59,63)(H,60,72)(H,61,81)(H,64,78)(H,65,73)(H,66,74)(H,67,79)(H,68,80)(H,69,77)(H,70,76)/t34-,40-,41-,42-,43-,44-,49-/m0/s1. The lowest BCUT2D eigenvalue weighted by atomic mass is 10.0. The second-order valence-corrected chi connectivity index (χ2v) is 19.8. The first-order chi connectivity index (χ1) is 38.7. The van der Waals surface area contributed by atoms with Crippen LogP contribution in [0.2, 0.25) is 0 Å². The van der Waals surface area contributed by atoms with Crippen LogP contribution < -0.4 is 59.3 Å². The monoisotopic (exact) mass is 1120 g/mol. The van der Waals surface area contributed by atoms with Crippen LogP contribution in [0.5, 0.6) is 0 Å². The molecule has 0 fully saturated rings. The van der Waals surface area contributed by atoms with Crippen molar-refractivity contribution in [1.82, 2.24) is 62.8 Å². The van der Waals surface area contributed by atoms with Gasteiger partial charge in [-0.05, 0) is 42.9 Å². The molecule has 4 rings (SSSR count). The highest BCUT2D eigenvalue weighted by atomic mass is 16.2. The average Bonchev–Trinajstić information content (AvgIpc) is 4.15. The van der Waals surface area contributed by atoms with Crippen LogP contribution in [0, 0.1) is 18.3 Å². The Hall–Kier alpha value is -9.08. The van der Waals surface area contributed by atoms with Crippen molar-refractivity contribution in [3.05, 3.63) is 90.1 Å². The maximum absolute atomic E-state index is 14.2. The number of imidazole rings is 1. The van der Waals surface area contributed by atoms with Gasteiger partial charge in [0, 0.05) is 93.4 Å². The number of benzene rings is 2. The third kappa shape index (κ3) is 22.3. The third-order valence-corrected chi connectivity index (χ3v) is 12.9. The first kappa shape index (κ1) is 64.4. The molecule has 0 aliphatic heterocycles. The molecular formula is C56H76N14O11. The highest BCUT2D eigenvalue weighted by Gasteiger charge is 2.33. The topological polar surface area (TPSA) is 393 Å². The maximum Gasteiger partial charge on any atom is 0.243 e. The van der Waals surface area contributed by atoms with Crippen molar-refractivity contribution in [2.75, 3.05) is 13.1 Å². The van der Waals surface area contributed by atoms with Gasteiger partial charge in [0.15, 0.2) is 0 Å². The normalized spacial score (nSPS) is 13.5. The molecular weight excluding hydrogens is 1040 g/mol. The molecule has 0 radical (unpaired) electrons. The number of aromatic amines is 2. The Labute approximate surface area is 470 Å². The number of aromatic nitrogens is 3. The maximum atomic E-state index is 14.2. The number of carbonyl (C=O) groups is 11. The van der Waals surface area contributed by atoms with Gasteiger partial charge < -0.3 is 69.3 Å². The van der Waals surface area contributed by atoms with Crippen LogP contribution in [0.15, 0.2) is 73.3 Å². The number of amides is 11. The van der Waals surface area contributed by atoms with E-state index in [1.54, 1.807) is 56.4 Å². The Morgan fingerprint density at radius 2 is 1.19 bits per heavy atom. The van der Waals surface area contributed by atoms with E-state index in [2.05, 4.69) is 68.7 Å². The van der Waals surface area contributed by atoms with Crippen molar-refractivity contribution in [3.63, 3.8) is 0 Å². The average molecular weight is 1120 g/mol. The van der Waals surface area contributed by atoms with Crippen molar-refractivity contribution in [1.29, 1.82) is 0 Å². The zero-order valence-electron chi connectivity index (χ0n) is 46.1. The molecule has 0 spiro atoms. The number of H-pyrrole nitrogens is 2. The van der Waals surface area contributed by atoms with Crippen LogP contribution >= 0.6 is 0 Å². The van der Waals surface area contributed by atoms with E-state index in [9.17, 15) is 52.7 Å². The predicted molar refractivity (Wildman–Crippen MR) is 299 cm³/mol. The molecule has 81 heavy (non-hydrogen) atoms. The van der Waals surface area contributed by atoms with Gasteiger partial charge in [-0.3, -0.25) is 52.7 Å². The quantitative estimate of drug-likeness (QED) is 0.0256. The largest absolute Gasteiger partial charge is 0.370 e. The fraction of sp³-hybridized carbons (Fsp3) is 0.464. The number of primary amides is 2. The molecule has 25 heteroatoms. The molecule has 2 aromatic heterocycles. The molecule has 2 heterocycles. The summed E-state index contributed by atoms with van der Waals surface area (Å²) < 4.78 is 0. The summed E-state index contributed by atoms with van der Waals surface area (Å²) in [5.41, 5.74) is 13.5. The van der Waals surface area contributed by atoms with Crippen LogP contribution in [0.1, 0.15) is 102 Å². The van der Waals surface area contributed by atoms with Crippen LogP contribution in [0.3, 0.4) is 0 Å². The SMILES string of the molecule is C#CCCC(=O)NCCC(=O)N[C@@H](CCC(N)=O)C(=O)N[C@@H](Cc1c[nH]c2ccccc12)C(=O)N[C@@H](C)C(=O)N[C@H](C(=O)NCCC(=O)N[C@@H](Cc1cnc[nH]1)C(=O)N[C@@H](Cc1ccccc1)C(=O)N[C@@H](CCCC)C(N)=O)C(C)C. The van der Waals surface area contributed by atoms with Crippen molar-refractivity contribution in [3.8, 4) is 12.3 Å². The number of hydrogen-bond acceptors (Lipinski definition) is 12. The molecule has 11 amide bonds. The Balaban J connectivity index is 1.42. The van der Waals surface area contributed by atoms with Gasteiger partial charge in [0.25, 0.3) is 0 Å². The fourth-order valence-corrected chi connectivity index (χ4v) is 8.40. The number of carbonyl (C=O) groups excluding carboxylic acids is 11. The molecule has 25 nitrogen and oxygen atoms in total. The van der Waals surface area contributed by atoms with E-state index in [-0.39, 0.29) is 76.8 Å². The van der Waals surface area contributed by atoms with Crippen molar-refractivity contribution in [2.45, 2.75) is 147 Å². The van der Waals surface area contributed by atoms with Crippen molar-refractivity contribution < 1.29 is 52.7 Å². The van der Waals surface area contributed by atoms with E-state index in [1.807, 2.05) is 25.1 Å². The summed E-state index contributed by atoms with van der Waals surface area (Å²) >= 11 is 0. The molecule has 0 saturated carbocycles. The lowest BCUT2D eigenvalue weighted by Crippen LogP contribution is -2.59. The van der Waals surface area contributed by atoms with Crippen molar-refractivity contribution in [2.24, 2.45) is 17.4 Å². The van der Waals surface area contributed by atoms with E-state index in [0.29, 0.717) is 29.7 Å². The summed E-state index contributed by atoms with van der Waals surface area (Å²) in [6, 6.07) is 7.54. The third-order valence-electron chi connectivity index (χ3n) is 12.9. The zero-order chi connectivity index (χ0) is 59.4. The Morgan fingerprint density at radius 1 is 0.593 bits per heavy atom. The van der Waals surface area contributed by atoms with Gasteiger partial charge in [-0.25, -0.2) is 4.98 Å². The number of rotatable bonds is 35. The number of hydrogen-bond donors (Lipinski definition) is 13. The lowest BCUT2D eigenvalue weighted by Gasteiger charge is -2.26. The number of terminal acetylenes is 1. The number of nitrogens with zero attached hydrogens (tertiary/aromatic N) is 1. The number of fused-ring (bicyclic) bond motifs is 1. The van der Waals surface area contributed by atoms with Crippen LogP contribution in [0.4, 0.5) is 0 Å². The number of unbranched alkanes of at least 4 members (excludes halogenated alkanes) is 1. The summed E-state index contributed by atoms with van der Waals surface area (Å²) in [6.07, 6.45) is 10.5.